The first-order chi connectivity index (χ1) is 5.86. The molecule has 1 heterocycles. The van der Waals surface area contributed by atoms with E-state index in [0.29, 0.717) is 0 Å². The third-order valence-corrected chi connectivity index (χ3v) is 1.82. The molecule has 2 nitrogen and oxygen atoms in total. The van der Waals surface area contributed by atoms with Gasteiger partial charge in [0.1, 0.15) is 0 Å². The van der Waals surface area contributed by atoms with Crippen LogP contribution in [0.3, 0.4) is 0 Å². The number of hydrogen-bond acceptors (Lipinski definition) is 2. The molecule has 1 aromatic rings. The molecule has 2 heteroatoms. The molecule has 0 saturated heterocycles. The van der Waals surface area contributed by atoms with Crippen LogP contribution in [0.1, 0.15) is 12.5 Å². The Balaban J connectivity index is 2.34. The second-order valence-electron chi connectivity index (χ2n) is 2.87. The lowest BCUT2D eigenvalue weighted by atomic mass is 10.1. The lowest BCUT2D eigenvalue weighted by Crippen LogP contribution is -1.84. The first-order valence-corrected chi connectivity index (χ1v) is 4.04. The van der Waals surface area contributed by atoms with Gasteiger partial charge in [0, 0.05) is 5.56 Å². The molecule has 1 atom stereocenters. The molecule has 1 aromatic carbocycles. The highest BCUT2D eigenvalue weighted by Crippen LogP contribution is 2.22. The van der Waals surface area contributed by atoms with Crippen molar-refractivity contribution in [2.75, 3.05) is 0 Å². The Bertz CT molecular complexity index is 325. The van der Waals surface area contributed by atoms with E-state index >= 15 is 0 Å². The first-order valence-electron chi connectivity index (χ1n) is 4.04. The van der Waals surface area contributed by atoms with Gasteiger partial charge in [0.05, 0.1) is 11.7 Å². The minimum absolute atomic E-state index is 0.236. The Kier molecular flexibility index (Phi) is 1.74. The Hall–Kier alpha value is -1.44. The Morgan fingerprint density at radius 3 is 2.50 bits per heavy atom. The first kappa shape index (κ1) is 7.22. The van der Waals surface area contributed by atoms with Crippen LogP contribution < -0.4 is 0 Å². The highest BCUT2D eigenvalue weighted by atomic mass is 15.1. The number of nitrogens with zero attached hydrogens (tertiary/aromatic N) is 2. The molecule has 1 aliphatic rings. The van der Waals surface area contributed by atoms with Gasteiger partial charge in [-0.2, -0.15) is 10.2 Å². The van der Waals surface area contributed by atoms with E-state index in [1.165, 1.54) is 0 Å². The molecule has 0 amide bonds. The third-order valence-electron chi connectivity index (χ3n) is 1.82. The van der Waals surface area contributed by atoms with Crippen LogP contribution in [0.25, 0.3) is 5.70 Å². The number of hydrogen-bond donors (Lipinski definition) is 0. The van der Waals surface area contributed by atoms with E-state index in [4.69, 9.17) is 0 Å². The van der Waals surface area contributed by atoms with Crippen LogP contribution in [0.2, 0.25) is 0 Å². The van der Waals surface area contributed by atoms with E-state index in [1.54, 1.807) is 0 Å². The minimum Gasteiger partial charge on any atom is -0.181 e. The van der Waals surface area contributed by atoms with Crippen LogP contribution in [0, 0.1) is 0 Å². The van der Waals surface area contributed by atoms with Crippen LogP contribution >= 0.6 is 0 Å². The summed E-state index contributed by atoms with van der Waals surface area (Å²) in [5, 5.41) is 8.10. The molecule has 0 N–H and O–H groups in total. The maximum Gasteiger partial charge on any atom is 0.0907 e. The predicted octanol–water partition coefficient (Wildman–Crippen LogP) is 2.88. The monoisotopic (exact) mass is 158 g/mol. The van der Waals surface area contributed by atoms with Gasteiger partial charge in [0.2, 0.25) is 0 Å². The summed E-state index contributed by atoms with van der Waals surface area (Å²) in [6, 6.07) is 10.3. The summed E-state index contributed by atoms with van der Waals surface area (Å²) in [6.45, 7) is 2.03. The fourth-order valence-electron chi connectivity index (χ4n) is 1.21. The second kappa shape index (κ2) is 2.89. The van der Waals surface area contributed by atoms with Gasteiger partial charge >= 0.3 is 0 Å². The Morgan fingerprint density at radius 1 is 1.17 bits per heavy atom. The van der Waals surface area contributed by atoms with E-state index in [0.717, 1.165) is 11.3 Å². The lowest BCUT2D eigenvalue weighted by Gasteiger charge is -1.94. The Morgan fingerprint density at radius 2 is 1.92 bits per heavy atom. The molecular formula is C10H10N2. The molecule has 0 aromatic heterocycles. The van der Waals surface area contributed by atoms with Crippen molar-refractivity contribution in [2.45, 2.75) is 13.0 Å². The average Bonchev–Trinajstić information content (AvgIpc) is 2.54. The summed E-state index contributed by atoms with van der Waals surface area (Å²) in [7, 11) is 0. The van der Waals surface area contributed by atoms with Crippen LogP contribution in [-0.4, -0.2) is 6.04 Å². The van der Waals surface area contributed by atoms with Crippen molar-refractivity contribution in [3.8, 4) is 0 Å². The van der Waals surface area contributed by atoms with Crippen LogP contribution in [0.5, 0.6) is 0 Å². The van der Waals surface area contributed by atoms with Crippen molar-refractivity contribution < 1.29 is 0 Å². The number of benzene rings is 1. The summed E-state index contributed by atoms with van der Waals surface area (Å²) in [4.78, 5) is 0. The van der Waals surface area contributed by atoms with E-state index < -0.39 is 0 Å². The van der Waals surface area contributed by atoms with E-state index in [2.05, 4.69) is 16.3 Å². The molecule has 2 rings (SSSR count). The summed E-state index contributed by atoms with van der Waals surface area (Å²) in [6.07, 6.45) is 2.06. The normalized spacial score (nSPS) is 21.1. The van der Waals surface area contributed by atoms with Gasteiger partial charge in [-0.25, -0.2) is 0 Å². The van der Waals surface area contributed by atoms with Gasteiger partial charge in [-0.05, 0) is 13.0 Å². The third kappa shape index (κ3) is 1.28. The molecule has 1 aliphatic heterocycles. The molecule has 12 heavy (non-hydrogen) atoms. The summed E-state index contributed by atoms with van der Waals surface area (Å²) in [5.41, 5.74) is 2.13. The van der Waals surface area contributed by atoms with E-state index in [1.807, 2.05) is 37.3 Å². The van der Waals surface area contributed by atoms with Crippen LogP contribution in [-0.2, 0) is 0 Å². The molecule has 60 valence electrons. The quantitative estimate of drug-likeness (QED) is 0.600. The van der Waals surface area contributed by atoms with Crippen molar-refractivity contribution >= 4 is 5.70 Å². The molecule has 0 fully saturated rings. The van der Waals surface area contributed by atoms with Gasteiger partial charge < -0.3 is 0 Å². The van der Waals surface area contributed by atoms with Crippen molar-refractivity contribution in [2.24, 2.45) is 10.2 Å². The average molecular weight is 158 g/mol. The van der Waals surface area contributed by atoms with Gasteiger partial charge in [0.25, 0.3) is 0 Å². The molecule has 0 spiro atoms. The fourth-order valence-corrected chi connectivity index (χ4v) is 1.21. The smallest absolute Gasteiger partial charge is 0.0907 e. The van der Waals surface area contributed by atoms with Gasteiger partial charge in [-0.1, -0.05) is 30.3 Å². The molecule has 0 saturated carbocycles. The zero-order valence-corrected chi connectivity index (χ0v) is 6.94. The summed E-state index contributed by atoms with van der Waals surface area (Å²) in [5.74, 6) is 0. The molecule has 0 radical (unpaired) electrons. The van der Waals surface area contributed by atoms with E-state index in [-0.39, 0.29) is 6.04 Å². The van der Waals surface area contributed by atoms with Gasteiger partial charge in [-0.15, -0.1) is 0 Å². The zero-order chi connectivity index (χ0) is 8.39. The van der Waals surface area contributed by atoms with Crippen molar-refractivity contribution in [1.82, 2.24) is 0 Å². The molecule has 0 bridgehead atoms. The maximum atomic E-state index is 4.07. The highest BCUT2D eigenvalue weighted by Gasteiger charge is 2.08. The van der Waals surface area contributed by atoms with Crippen molar-refractivity contribution in [3.63, 3.8) is 0 Å². The lowest BCUT2D eigenvalue weighted by molar-refractivity contribution is 0.895. The minimum atomic E-state index is 0.236. The fraction of sp³-hybridized carbons (Fsp3) is 0.200. The van der Waals surface area contributed by atoms with Gasteiger partial charge in [-0.3, -0.25) is 0 Å². The van der Waals surface area contributed by atoms with Gasteiger partial charge in [0.15, 0.2) is 0 Å². The van der Waals surface area contributed by atoms with Crippen molar-refractivity contribution in [3.05, 3.63) is 42.0 Å². The summed E-state index contributed by atoms with van der Waals surface area (Å²) >= 11 is 0. The number of azo groups is 1. The molecule has 0 unspecified atom stereocenters. The topological polar surface area (TPSA) is 24.7 Å². The standard InChI is InChI=1S/C10H10N2/c1-8-7-10(12-11-8)9-5-3-2-4-6-9/h2-8H,1H3/t8-/m0/s1. The maximum absolute atomic E-state index is 4.07. The number of rotatable bonds is 1. The molecule has 0 aliphatic carbocycles. The predicted molar refractivity (Wildman–Crippen MR) is 48.7 cm³/mol. The molecular weight excluding hydrogens is 148 g/mol. The SMILES string of the molecule is C[C@H]1C=C(c2ccccc2)N=N1. The van der Waals surface area contributed by atoms with E-state index in [9.17, 15) is 0 Å². The zero-order valence-electron chi connectivity index (χ0n) is 6.94. The summed E-state index contributed by atoms with van der Waals surface area (Å²) < 4.78 is 0. The second-order valence-corrected chi connectivity index (χ2v) is 2.87. The van der Waals surface area contributed by atoms with Crippen LogP contribution in [0.4, 0.5) is 0 Å². The van der Waals surface area contributed by atoms with Crippen LogP contribution in [0.15, 0.2) is 46.6 Å². The highest BCUT2D eigenvalue weighted by molar-refractivity contribution is 5.65. The van der Waals surface area contributed by atoms with Crippen molar-refractivity contribution in [1.29, 1.82) is 0 Å². The largest absolute Gasteiger partial charge is 0.181 e. The Labute approximate surface area is 71.6 Å².